The van der Waals surface area contributed by atoms with Crippen molar-refractivity contribution in [1.29, 1.82) is 0 Å². The minimum atomic E-state index is -1.74. The van der Waals surface area contributed by atoms with Crippen LogP contribution in [0.5, 0.6) is 11.5 Å². The van der Waals surface area contributed by atoms with Crippen molar-refractivity contribution < 1.29 is 43.3 Å². The number of hydrogen-bond acceptors (Lipinski definition) is 11. The van der Waals surface area contributed by atoms with Gasteiger partial charge in [0.25, 0.3) is 22.8 Å². The average Bonchev–Trinajstić information content (AvgIpc) is 3.16. The van der Waals surface area contributed by atoms with E-state index < -0.39 is 51.8 Å². The molecule has 2 aromatic carbocycles. The van der Waals surface area contributed by atoms with E-state index in [9.17, 15) is 29.3 Å². The number of ether oxygens (including phenoxy) is 3. The first-order chi connectivity index (χ1) is 18.6. The summed E-state index contributed by atoms with van der Waals surface area (Å²) in [7, 11) is 2.88. The van der Waals surface area contributed by atoms with E-state index in [1.54, 1.807) is 30.3 Å². The molecule has 0 radical (unpaired) electrons. The molecular weight excluding hydrogens is 534 g/mol. The Hall–Kier alpha value is -4.33. The first kappa shape index (κ1) is 26.3. The van der Waals surface area contributed by atoms with Crippen LogP contribution in [0.4, 0.5) is 0 Å². The van der Waals surface area contributed by atoms with Crippen LogP contribution in [0, 0.1) is 10.1 Å². The van der Waals surface area contributed by atoms with Crippen LogP contribution in [-0.4, -0.2) is 81.6 Å². The van der Waals surface area contributed by atoms with E-state index in [1.807, 2.05) is 0 Å². The van der Waals surface area contributed by atoms with Crippen LogP contribution in [0.15, 0.2) is 42.5 Å². The third-order valence-electron chi connectivity index (χ3n) is 6.90. The normalized spacial score (nSPS) is 25.4. The Bertz CT molecular complexity index is 1380. The molecule has 3 aliphatic rings. The second kappa shape index (κ2) is 9.76. The van der Waals surface area contributed by atoms with Crippen molar-refractivity contribution in [3.8, 4) is 11.5 Å². The highest BCUT2D eigenvalue weighted by Gasteiger charge is 2.66. The van der Waals surface area contributed by atoms with Crippen molar-refractivity contribution in [2.75, 3.05) is 20.0 Å². The first-order valence-electron chi connectivity index (χ1n) is 11.7. The highest BCUT2D eigenvalue weighted by Crippen LogP contribution is 2.47. The third-order valence-corrected chi connectivity index (χ3v) is 8.47. The van der Waals surface area contributed by atoms with Gasteiger partial charge in [-0.3, -0.25) is 19.3 Å². The number of nitrogens with zero attached hydrogens (tertiary/aromatic N) is 3. The van der Waals surface area contributed by atoms with Crippen LogP contribution >= 0.6 is 11.8 Å². The Labute approximate surface area is 226 Å². The van der Waals surface area contributed by atoms with Crippen LogP contribution in [0.1, 0.15) is 33.2 Å². The van der Waals surface area contributed by atoms with Gasteiger partial charge >= 0.3 is 5.97 Å². The van der Waals surface area contributed by atoms with Crippen molar-refractivity contribution in [2.24, 2.45) is 0 Å². The van der Waals surface area contributed by atoms with Crippen molar-refractivity contribution in [2.45, 2.75) is 36.6 Å². The molecule has 2 aromatic rings. The summed E-state index contributed by atoms with van der Waals surface area (Å²) in [4.78, 5) is 71.4. The summed E-state index contributed by atoms with van der Waals surface area (Å²) in [6.07, 6.45) is 0. The van der Waals surface area contributed by atoms with Crippen molar-refractivity contribution >= 4 is 35.5 Å². The fraction of sp³-hybridized carbons (Fsp3) is 0.360. The Morgan fingerprint density at radius 2 is 1.82 bits per heavy atom. The molecule has 0 spiro atoms. The highest BCUT2D eigenvalue weighted by atomic mass is 32.2. The molecular formula is C25H23N3O10S. The number of rotatable bonds is 8. The van der Waals surface area contributed by atoms with Gasteiger partial charge in [0, 0.05) is 5.75 Å². The van der Waals surface area contributed by atoms with Gasteiger partial charge < -0.3 is 23.9 Å². The molecule has 3 heterocycles. The summed E-state index contributed by atoms with van der Waals surface area (Å²) < 4.78 is 15.8. The van der Waals surface area contributed by atoms with Crippen LogP contribution in [-0.2, 0) is 25.8 Å². The van der Waals surface area contributed by atoms with E-state index in [0.29, 0.717) is 11.3 Å². The summed E-state index contributed by atoms with van der Waals surface area (Å²) in [5.74, 6) is -2.30. The van der Waals surface area contributed by atoms with Gasteiger partial charge in [0.05, 0.1) is 25.3 Å². The van der Waals surface area contributed by atoms with Gasteiger partial charge in [0.15, 0.2) is 11.6 Å². The van der Waals surface area contributed by atoms with E-state index in [4.69, 9.17) is 19.0 Å². The number of thioether (sulfide) groups is 1. The van der Waals surface area contributed by atoms with E-state index in [0.717, 1.165) is 21.6 Å². The van der Waals surface area contributed by atoms with Crippen molar-refractivity contribution in [3.63, 3.8) is 0 Å². The fourth-order valence-electron chi connectivity index (χ4n) is 5.04. The molecule has 0 N–H and O–H groups in total. The zero-order valence-corrected chi connectivity index (χ0v) is 21.8. The predicted octanol–water partition coefficient (Wildman–Crippen LogP) is 1.66. The number of carbonyl (C=O) groups excluding carboxylic acids is 4. The Kier molecular flexibility index (Phi) is 6.58. The van der Waals surface area contributed by atoms with Gasteiger partial charge in [-0.1, -0.05) is 18.2 Å². The first-order valence-corrected chi connectivity index (χ1v) is 12.8. The number of benzene rings is 2. The molecule has 3 amide bonds. The van der Waals surface area contributed by atoms with Crippen LogP contribution < -0.4 is 9.47 Å². The van der Waals surface area contributed by atoms with E-state index in [-0.39, 0.29) is 29.2 Å². The molecule has 5 rings (SSSR count). The summed E-state index contributed by atoms with van der Waals surface area (Å²) in [5, 5.41) is 9.45. The summed E-state index contributed by atoms with van der Waals surface area (Å²) >= 11 is 1.07. The van der Waals surface area contributed by atoms with E-state index in [1.165, 1.54) is 33.3 Å². The number of methoxy groups -OCH3 is 2. The monoisotopic (exact) mass is 557 g/mol. The number of fused-ring (bicyclic) bond motifs is 2. The second-order valence-electron chi connectivity index (χ2n) is 9.24. The molecule has 0 aliphatic carbocycles. The zero-order valence-electron chi connectivity index (χ0n) is 21.0. The van der Waals surface area contributed by atoms with Gasteiger partial charge in [0.2, 0.25) is 0 Å². The van der Waals surface area contributed by atoms with Gasteiger partial charge in [-0.05, 0) is 36.8 Å². The topological polar surface area (TPSA) is 155 Å². The van der Waals surface area contributed by atoms with Gasteiger partial charge in [0.1, 0.15) is 29.5 Å². The quantitative estimate of drug-likeness (QED) is 0.153. The maximum Gasteiger partial charge on any atom is 0.331 e. The van der Waals surface area contributed by atoms with Gasteiger partial charge in [-0.15, -0.1) is 21.9 Å². The maximum absolute atomic E-state index is 13.5. The number of amides is 3. The van der Waals surface area contributed by atoms with Crippen molar-refractivity contribution in [1.82, 2.24) is 9.80 Å². The van der Waals surface area contributed by atoms with Crippen LogP contribution in [0.3, 0.4) is 0 Å². The Balaban J connectivity index is 1.40. The highest BCUT2D eigenvalue weighted by molar-refractivity contribution is 8.00. The largest absolute Gasteiger partial charge is 0.497 e. The molecule has 0 saturated carbocycles. The summed E-state index contributed by atoms with van der Waals surface area (Å²) in [6.45, 7) is 1.17. The number of β-lactam (4-membered cyclic amide) rings is 1. The molecule has 2 fully saturated rings. The Morgan fingerprint density at radius 3 is 2.46 bits per heavy atom. The molecule has 0 bridgehead atoms. The summed E-state index contributed by atoms with van der Waals surface area (Å²) in [5.41, 5.74) is -0.971. The standard InChI is InChI=1S/C25H23N3O10S/c1-25(38-28(33)34)12-39-23-18(26-20(29)15-5-4-6-16(36-3)17(15)21(26)30)22(31)27(23)19(25)24(32)37-11-13-7-9-14(35-2)10-8-13/h4-10,18-19,23H,11-12H2,1-3H3/t18?,19?,23-,25+/m0/s1. The predicted molar refractivity (Wildman–Crippen MR) is 133 cm³/mol. The average molecular weight is 558 g/mol. The molecule has 39 heavy (non-hydrogen) atoms. The molecule has 2 saturated heterocycles. The molecule has 204 valence electrons. The number of esters is 1. The number of carbonyl (C=O) groups is 4. The smallest absolute Gasteiger partial charge is 0.331 e. The maximum atomic E-state index is 13.5. The minimum Gasteiger partial charge on any atom is -0.497 e. The lowest BCUT2D eigenvalue weighted by atomic mass is 9.90. The minimum absolute atomic E-state index is 0.0500. The number of hydrogen-bond donors (Lipinski definition) is 0. The lowest BCUT2D eigenvalue weighted by Gasteiger charge is -2.57. The fourth-order valence-corrected chi connectivity index (χ4v) is 6.56. The van der Waals surface area contributed by atoms with Crippen LogP contribution in [0.2, 0.25) is 0 Å². The SMILES string of the molecule is COc1ccc(COC(=O)C2N3C(=O)C(N4C(=O)c5cccc(OC)c5C4=O)[C@@H]3SC[C@@]2(C)O[N+](=O)[O-])cc1. The van der Waals surface area contributed by atoms with Crippen molar-refractivity contribution in [3.05, 3.63) is 69.3 Å². The summed E-state index contributed by atoms with van der Waals surface area (Å²) in [6, 6.07) is 8.56. The molecule has 13 nitrogen and oxygen atoms in total. The lowest BCUT2D eigenvalue weighted by molar-refractivity contribution is -0.779. The van der Waals surface area contributed by atoms with Gasteiger partial charge in [-0.2, -0.15) is 0 Å². The molecule has 3 aliphatic heterocycles. The molecule has 14 heteroatoms. The molecule has 0 aromatic heterocycles. The van der Waals surface area contributed by atoms with E-state index in [2.05, 4.69) is 0 Å². The van der Waals surface area contributed by atoms with E-state index >= 15 is 0 Å². The third kappa shape index (κ3) is 4.20. The Morgan fingerprint density at radius 1 is 1.10 bits per heavy atom. The molecule has 2 unspecified atom stereocenters. The van der Waals surface area contributed by atoms with Gasteiger partial charge in [-0.25, -0.2) is 4.79 Å². The second-order valence-corrected chi connectivity index (χ2v) is 10.3. The lowest BCUT2D eigenvalue weighted by Crippen LogP contribution is -2.79. The molecule has 4 atom stereocenters. The zero-order chi connectivity index (χ0) is 28.1. The van der Waals surface area contributed by atoms with Crippen LogP contribution in [0.25, 0.3) is 0 Å². The number of imide groups is 1.